The van der Waals surface area contributed by atoms with Crippen LogP contribution in [0.15, 0.2) is 48.7 Å². The van der Waals surface area contributed by atoms with Crippen molar-refractivity contribution in [2.45, 2.75) is 13.8 Å². The van der Waals surface area contributed by atoms with E-state index in [1.807, 2.05) is 26.0 Å². The van der Waals surface area contributed by atoms with E-state index in [1.54, 1.807) is 30.3 Å². The Labute approximate surface area is 155 Å². The Bertz CT molecular complexity index is 964. The van der Waals surface area contributed by atoms with Crippen LogP contribution < -0.4 is 10.9 Å². The lowest BCUT2D eigenvalue weighted by Crippen LogP contribution is -2.41. The number of nitrogens with zero attached hydrogens (tertiary/aromatic N) is 1. The van der Waals surface area contributed by atoms with Crippen molar-refractivity contribution in [2.75, 3.05) is 0 Å². The van der Waals surface area contributed by atoms with E-state index >= 15 is 0 Å². The number of rotatable bonds is 3. The molecule has 0 spiro atoms. The molecular formula is C19H17ClN4O2. The molecule has 1 aromatic heterocycles. The van der Waals surface area contributed by atoms with Crippen molar-refractivity contribution < 1.29 is 9.59 Å². The van der Waals surface area contributed by atoms with Gasteiger partial charge in [0.15, 0.2) is 0 Å². The van der Waals surface area contributed by atoms with Crippen molar-refractivity contribution >= 4 is 23.4 Å². The summed E-state index contributed by atoms with van der Waals surface area (Å²) in [6.45, 7) is 3.80. The summed E-state index contributed by atoms with van der Waals surface area (Å²) >= 11 is 5.89. The van der Waals surface area contributed by atoms with Gasteiger partial charge in [-0.25, -0.2) is 0 Å². The average Bonchev–Trinajstić information content (AvgIpc) is 3.10. The maximum Gasteiger partial charge on any atom is 0.273 e. The van der Waals surface area contributed by atoms with Crippen LogP contribution in [0, 0.1) is 13.8 Å². The lowest BCUT2D eigenvalue weighted by Gasteiger charge is -2.10. The first-order chi connectivity index (χ1) is 12.5. The highest BCUT2D eigenvalue weighted by atomic mass is 35.5. The maximum atomic E-state index is 12.4. The van der Waals surface area contributed by atoms with Gasteiger partial charge in [-0.05, 0) is 37.6 Å². The molecule has 3 rings (SSSR count). The molecule has 26 heavy (non-hydrogen) atoms. The summed E-state index contributed by atoms with van der Waals surface area (Å²) in [6.07, 6.45) is 1.41. The Morgan fingerprint density at radius 3 is 2.27 bits per heavy atom. The van der Waals surface area contributed by atoms with E-state index in [2.05, 4.69) is 21.0 Å². The fraction of sp³-hybridized carbons (Fsp3) is 0.105. The van der Waals surface area contributed by atoms with Gasteiger partial charge in [0.25, 0.3) is 11.8 Å². The van der Waals surface area contributed by atoms with E-state index in [1.165, 1.54) is 6.20 Å². The van der Waals surface area contributed by atoms with Gasteiger partial charge in [-0.2, -0.15) is 5.10 Å². The Morgan fingerprint density at radius 1 is 0.962 bits per heavy atom. The van der Waals surface area contributed by atoms with E-state index in [0.29, 0.717) is 21.8 Å². The van der Waals surface area contributed by atoms with Crippen molar-refractivity contribution in [1.29, 1.82) is 0 Å². The van der Waals surface area contributed by atoms with Crippen LogP contribution in [0.2, 0.25) is 5.02 Å². The second kappa shape index (κ2) is 7.41. The first kappa shape index (κ1) is 17.7. The molecule has 132 valence electrons. The largest absolute Gasteiger partial charge is 0.277 e. The number of hydrogen-bond acceptors (Lipinski definition) is 3. The van der Waals surface area contributed by atoms with Gasteiger partial charge in [0.2, 0.25) is 0 Å². The van der Waals surface area contributed by atoms with Gasteiger partial charge in [0.05, 0.1) is 17.5 Å². The minimum atomic E-state index is -0.471. The molecule has 0 aliphatic rings. The highest BCUT2D eigenvalue weighted by molar-refractivity contribution is 6.30. The van der Waals surface area contributed by atoms with Gasteiger partial charge >= 0.3 is 0 Å². The molecule has 0 atom stereocenters. The smallest absolute Gasteiger partial charge is 0.273 e. The molecule has 6 nitrogen and oxygen atoms in total. The number of benzene rings is 2. The van der Waals surface area contributed by atoms with E-state index in [9.17, 15) is 9.59 Å². The quantitative estimate of drug-likeness (QED) is 0.619. The minimum Gasteiger partial charge on any atom is -0.277 e. The van der Waals surface area contributed by atoms with Crippen LogP contribution in [0.1, 0.15) is 31.8 Å². The number of hydrazine groups is 1. The van der Waals surface area contributed by atoms with Crippen LogP contribution in [0.4, 0.5) is 0 Å². The van der Waals surface area contributed by atoms with Gasteiger partial charge in [0, 0.05) is 16.1 Å². The van der Waals surface area contributed by atoms with Crippen LogP contribution in [0.5, 0.6) is 0 Å². The van der Waals surface area contributed by atoms with Gasteiger partial charge < -0.3 is 0 Å². The van der Waals surface area contributed by atoms with Crippen molar-refractivity contribution in [1.82, 2.24) is 21.0 Å². The molecule has 0 aliphatic heterocycles. The van der Waals surface area contributed by atoms with Crippen molar-refractivity contribution in [3.05, 3.63) is 75.9 Å². The van der Waals surface area contributed by atoms with Crippen molar-refractivity contribution in [3.63, 3.8) is 0 Å². The number of aryl methyl sites for hydroxylation is 2. The maximum absolute atomic E-state index is 12.4. The number of H-pyrrole nitrogens is 1. The molecule has 3 aromatic rings. The summed E-state index contributed by atoms with van der Waals surface area (Å²) in [5.74, 6) is -0.853. The lowest BCUT2D eigenvalue weighted by atomic mass is 10.1. The van der Waals surface area contributed by atoms with Gasteiger partial charge in [-0.15, -0.1) is 0 Å². The monoisotopic (exact) mass is 368 g/mol. The summed E-state index contributed by atoms with van der Waals surface area (Å²) in [7, 11) is 0. The molecule has 0 saturated carbocycles. The molecule has 0 bridgehead atoms. The van der Waals surface area contributed by atoms with Crippen LogP contribution in [0.25, 0.3) is 11.3 Å². The molecule has 2 aromatic carbocycles. The Morgan fingerprint density at radius 2 is 1.62 bits per heavy atom. The number of nitrogens with one attached hydrogen (secondary N) is 3. The molecule has 2 amide bonds. The summed E-state index contributed by atoms with van der Waals surface area (Å²) in [5, 5.41) is 7.31. The van der Waals surface area contributed by atoms with E-state index in [4.69, 9.17) is 11.6 Å². The fourth-order valence-electron chi connectivity index (χ4n) is 2.61. The Balaban J connectivity index is 1.72. The van der Waals surface area contributed by atoms with Gasteiger partial charge in [-0.1, -0.05) is 41.4 Å². The number of halogens is 1. The SMILES string of the molecule is Cc1ccc(C(=O)NNC(=O)c2cn[nH]c2-c2ccc(Cl)cc2)c(C)c1. The van der Waals surface area contributed by atoms with E-state index < -0.39 is 5.91 Å². The summed E-state index contributed by atoms with van der Waals surface area (Å²) in [5.41, 5.74) is 8.87. The van der Waals surface area contributed by atoms with Gasteiger partial charge in [-0.3, -0.25) is 25.5 Å². The zero-order chi connectivity index (χ0) is 18.7. The Kier molecular flexibility index (Phi) is 5.04. The first-order valence-corrected chi connectivity index (χ1v) is 8.31. The molecule has 0 saturated heterocycles. The van der Waals surface area contributed by atoms with Gasteiger partial charge in [0.1, 0.15) is 0 Å². The summed E-state index contributed by atoms with van der Waals surface area (Å²) in [4.78, 5) is 24.7. The first-order valence-electron chi connectivity index (χ1n) is 7.93. The second-order valence-electron chi connectivity index (χ2n) is 5.89. The van der Waals surface area contributed by atoms with Crippen molar-refractivity contribution in [3.8, 4) is 11.3 Å². The third kappa shape index (κ3) is 3.75. The molecule has 1 heterocycles. The zero-order valence-corrected chi connectivity index (χ0v) is 15.0. The number of aromatic amines is 1. The third-order valence-corrected chi connectivity index (χ3v) is 4.18. The molecule has 0 aliphatic carbocycles. The molecule has 0 fully saturated rings. The summed E-state index contributed by atoms with van der Waals surface area (Å²) < 4.78 is 0. The molecule has 7 heteroatoms. The predicted molar refractivity (Wildman–Crippen MR) is 99.9 cm³/mol. The molecular weight excluding hydrogens is 352 g/mol. The van der Waals surface area contributed by atoms with Crippen LogP contribution >= 0.6 is 11.6 Å². The van der Waals surface area contributed by atoms with Crippen LogP contribution in [0.3, 0.4) is 0 Å². The average molecular weight is 369 g/mol. The normalized spacial score (nSPS) is 10.4. The number of amides is 2. The second-order valence-corrected chi connectivity index (χ2v) is 6.33. The minimum absolute atomic E-state index is 0.313. The zero-order valence-electron chi connectivity index (χ0n) is 14.3. The van der Waals surface area contributed by atoms with E-state index in [0.717, 1.165) is 16.7 Å². The predicted octanol–water partition coefficient (Wildman–Crippen LogP) is 3.42. The van der Waals surface area contributed by atoms with Crippen molar-refractivity contribution in [2.24, 2.45) is 0 Å². The highest BCUT2D eigenvalue weighted by Crippen LogP contribution is 2.22. The molecule has 0 unspecified atom stereocenters. The molecule has 3 N–H and O–H groups in total. The standard InChI is InChI=1S/C19H17ClN4O2/c1-11-3-8-15(12(2)9-11)18(25)23-24-19(26)16-10-21-22-17(16)13-4-6-14(20)7-5-13/h3-10H,1-2H3,(H,21,22)(H,23,25)(H,24,26). The fourth-order valence-corrected chi connectivity index (χ4v) is 2.74. The van der Waals surface area contributed by atoms with Crippen LogP contribution in [-0.2, 0) is 0 Å². The molecule has 0 radical (unpaired) electrons. The third-order valence-electron chi connectivity index (χ3n) is 3.93. The number of aromatic nitrogens is 2. The number of carbonyl (C=O) groups excluding carboxylic acids is 2. The number of carbonyl (C=O) groups is 2. The number of hydrogen-bond donors (Lipinski definition) is 3. The lowest BCUT2D eigenvalue weighted by molar-refractivity contribution is 0.0846. The topological polar surface area (TPSA) is 86.9 Å². The summed E-state index contributed by atoms with van der Waals surface area (Å²) in [6, 6.07) is 12.5. The highest BCUT2D eigenvalue weighted by Gasteiger charge is 2.17. The van der Waals surface area contributed by atoms with Crippen LogP contribution in [-0.4, -0.2) is 22.0 Å². The Hall–Kier alpha value is -3.12. The van der Waals surface area contributed by atoms with E-state index in [-0.39, 0.29) is 5.91 Å².